The fraction of sp³-hybridized carbons (Fsp3) is 0.909. The largest absolute Gasteiger partial charge is 0.369 e. The summed E-state index contributed by atoms with van der Waals surface area (Å²) in [4.78, 5) is 22.8. The minimum absolute atomic E-state index is 0.0632. The van der Waals surface area contributed by atoms with Gasteiger partial charge in [-0.15, -0.1) is 0 Å². The summed E-state index contributed by atoms with van der Waals surface area (Å²) >= 11 is 0. The van der Waals surface area contributed by atoms with Crippen LogP contribution in [0.25, 0.3) is 0 Å². The van der Waals surface area contributed by atoms with Crippen LogP contribution < -0.4 is 11.2 Å². The van der Waals surface area contributed by atoms with Gasteiger partial charge in [0.1, 0.15) is 6.04 Å². The van der Waals surface area contributed by atoms with E-state index in [4.69, 9.17) is 10.7 Å². The third-order valence-electron chi connectivity index (χ3n) is 6.27. The maximum atomic E-state index is 11.7. The van der Waals surface area contributed by atoms with Crippen molar-refractivity contribution in [3.63, 3.8) is 0 Å². The van der Waals surface area contributed by atoms with Crippen LogP contribution in [0.15, 0.2) is 4.99 Å². The van der Waals surface area contributed by atoms with E-state index in [0.29, 0.717) is 5.96 Å². The van der Waals surface area contributed by atoms with Crippen molar-refractivity contribution in [1.82, 2.24) is 15.4 Å². The molecule has 3 N–H and O–H groups in total. The highest BCUT2D eigenvalue weighted by atomic mass is 16.8. The van der Waals surface area contributed by atoms with Gasteiger partial charge in [-0.2, -0.15) is 10.5 Å². The van der Waals surface area contributed by atoms with Gasteiger partial charge in [-0.05, 0) is 43.9 Å². The van der Waals surface area contributed by atoms with E-state index in [-0.39, 0.29) is 11.9 Å². The first kappa shape index (κ1) is 24.1. The van der Waals surface area contributed by atoms with Crippen LogP contribution in [-0.2, 0) is 9.73 Å². The lowest BCUT2D eigenvalue weighted by Crippen LogP contribution is -2.38. The zero-order valence-corrected chi connectivity index (χ0v) is 18.9. The molecule has 0 radical (unpaired) electrons. The fourth-order valence-corrected chi connectivity index (χ4v) is 4.31. The Balaban J connectivity index is 0.000000212. The molecule has 2 aliphatic heterocycles. The number of carbonyl (C=O) groups excluding carboxylic acids is 1. The summed E-state index contributed by atoms with van der Waals surface area (Å²) in [6.45, 7) is 7.57. The molecule has 2 unspecified atom stereocenters. The van der Waals surface area contributed by atoms with Crippen molar-refractivity contribution in [2.45, 2.75) is 90.5 Å². The number of hydrogen-bond donors (Lipinski definition) is 2. The Morgan fingerprint density at radius 3 is 2.55 bits per heavy atom. The SMILES string of the molecule is CCCCNON1CCCC(C)C1.CN1C(=O)C(CCC2CCCCC2)N=C1N. The molecule has 1 saturated carbocycles. The number of guanidine groups is 1. The van der Waals surface area contributed by atoms with Crippen LogP contribution >= 0.6 is 0 Å². The topological polar surface area (TPSA) is 83.2 Å². The summed E-state index contributed by atoms with van der Waals surface area (Å²) in [5, 5.41) is 2.05. The Bertz CT molecular complexity index is 507. The van der Waals surface area contributed by atoms with Crippen molar-refractivity contribution in [3.05, 3.63) is 0 Å². The number of carbonyl (C=O) groups is 1. The third-order valence-corrected chi connectivity index (χ3v) is 6.27. The second-order valence-corrected chi connectivity index (χ2v) is 8.96. The van der Waals surface area contributed by atoms with E-state index in [1.807, 2.05) is 5.06 Å². The van der Waals surface area contributed by atoms with Crippen molar-refractivity contribution in [2.24, 2.45) is 22.6 Å². The Labute approximate surface area is 177 Å². The molecule has 1 amide bonds. The quantitative estimate of drug-likeness (QED) is 0.474. The molecule has 29 heavy (non-hydrogen) atoms. The van der Waals surface area contributed by atoms with Gasteiger partial charge in [0, 0.05) is 26.7 Å². The van der Waals surface area contributed by atoms with Crippen molar-refractivity contribution >= 4 is 11.9 Å². The summed E-state index contributed by atoms with van der Waals surface area (Å²) in [5.41, 5.74) is 8.63. The number of aliphatic imine (C=N–C) groups is 1. The highest BCUT2D eigenvalue weighted by Gasteiger charge is 2.30. The molecule has 0 bridgehead atoms. The zero-order valence-electron chi connectivity index (χ0n) is 18.9. The summed E-state index contributed by atoms with van der Waals surface area (Å²) in [7, 11) is 1.70. The molecular formula is C22H43N5O2. The van der Waals surface area contributed by atoms with Crippen molar-refractivity contribution < 1.29 is 9.73 Å². The van der Waals surface area contributed by atoms with Crippen molar-refractivity contribution in [1.29, 1.82) is 0 Å². The van der Waals surface area contributed by atoms with Gasteiger partial charge in [-0.3, -0.25) is 9.69 Å². The van der Waals surface area contributed by atoms with Crippen LogP contribution in [0.5, 0.6) is 0 Å². The van der Waals surface area contributed by atoms with E-state index in [1.54, 1.807) is 7.05 Å². The molecule has 0 aromatic rings. The lowest BCUT2D eigenvalue weighted by Gasteiger charge is -2.29. The summed E-state index contributed by atoms with van der Waals surface area (Å²) in [6, 6.07) is -0.202. The first-order valence-electron chi connectivity index (χ1n) is 11.8. The molecule has 2 atom stereocenters. The molecule has 3 rings (SSSR count). The second kappa shape index (κ2) is 13.2. The third kappa shape index (κ3) is 8.60. The average molecular weight is 410 g/mol. The summed E-state index contributed by atoms with van der Waals surface area (Å²) < 4.78 is 0. The van der Waals surface area contributed by atoms with Crippen molar-refractivity contribution in [3.8, 4) is 0 Å². The van der Waals surface area contributed by atoms with Crippen LogP contribution in [0.2, 0.25) is 0 Å². The summed E-state index contributed by atoms with van der Waals surface area (Å²) in [6.07, 6.45) is 13.7. The molecule has 168 valence electrons. The van der Waals surface area contributed by atoms with Crippen molar-refractivity contribution in [2.75, 3.05) is 26.7 Å². The number of piperidine rings is 1. The number of unbranched alkanes of at least 4 members (excludes halogenated alkanes) is 1. The molecule has 0 aromatic carbocycles. The number of hydrogen-bond acceptors (Lipinski definition) is 6. The average Bonchev–Trinajstić information content (AvgIpc) is 2.98. The Morgan fingerprint density at radius 1 is 1.17 bits per heavy atom. The predicted octanol–water partition coefficient (Wildman–Crippen LogP) is 3.46. The first-order valence-corrected chi connectivity index (χ1v) is 11.8. The number of rotatable bonds is 8. The molecule has 1 saturated heterocycles. The number of nitrogens with zero attached hydrogens (tertiary/aromatic N) is 3. The highest BCUT2D eigenvalue weighted by Crippen LogP contribution is 2.28. The second-order valence-electron chi connectivity index (χ2n) is 8.96. The first-order chi connectivity index (χ1) is 14.0. The van der Waals surface area contributed by atoms with Gasteiger partial charge in [-0.1, -0.05) is 52.4 Å². The Hall–Kier alpha value is -1.18. The molecule has 2 heterocycles. The minimum atomic E-state index is -0.202. The molecule has 7 heteroatoms. The number of nitrogens with one attached hydrogen (secondary N) is 1. The van der Waals surface area contributed by atoms with E-state index < -0.39 is 0 Å². The van der Waals surface area contributed by atoms with Gasteiger partial charge in [-0.25, -0.2) is 9.93 Å². The van der Waals surface area contributed by atoms with Crippen LogP contribution in [0, 0.1) is 11.8 Å². The van der Waals surface area contributed by atoms with E-state index in [0.717, 1.165) is 44.3 Å². The molecule has 0 spiro atoms. The fourth-order valence-electron chi connectivity index (χ4n) is 4.31. The van der Waals surface area contributed by atoms with Gasteiger partial charge in [0.05, 0.1) is 0 Å². The number of hydroxylamine groups is 3. The molecular weight excluding hydrogens is 366 g/mol. The van der Waals surface area contributed by atoms with Crippen LogP contribution in [0.3, 0.4) is 0 Å². The number of likely N-dealkylation sites (N-methyl/N-ethyl adjacent to an activating group) is 1. The molecule has 1 aliphatic carbocycles. The lowest BCUT2D eigenvalue weighted by atomic mass is 9.85. The molecule has 2 fully saturated rings. The maximum absolute atomic E-state index is 11.7. The molecule has 7 nitrogen and oxygen atoms in total. The maximum Gasteiger partial charge on any atom is 0.253 e. The standard InChI is InChI=1S/C12H21N3O.C10H22N2O/c1-15-11(16)10(14-12(15)13)8-7-9-5-3-2-4-6-9;1-3-4-7-11-13-12-8-5-6-10(2)9-12/h9-10H,2-8H2,1H3,(H2,13,14);10-11H,3-9H2,1-2H3. The molecule has 0 aromatic heterocycles. The van der Waals surface area contributed by atoms with E-state index in [2.05, 4.69) is 24.3 Å². The van der Waals surface area contributed by atoms with Crippen LogP contribution in [-0.4, -0.2) is 54.6 Å². The van der Waals surface area contributed by atoms with Gasteiger partial charge in [0.15, 0.2) is 5.96 Å². The minimum Gasteiger partial charge on any atom is -0.369 e. The van der Waals surface area contributed by atoms with E-state index in [1.165, 1.54) is 62.7 Å². The Morgan fingerprint density at radius 2 is 1.93 bits per heavy atom. The highest BCUT2D eigenvalue weighted by molar-refractivity contribution is 6.03. The van der Waals surface area contributed by atoms with E-state index in [9.17, 15) is 4.79 Å². The van der Waals surface area contributed by atoms with Crippen LogP contribution in [0.1, 0.15) is 84.5 Å². The summed E-state index contributed by atoms with van der Waals surface area (Å²) in [5.74, 6) is 2.03. The Kier molecular flexibility index (Phi) is 11.0. The number of amides is 1. The van der Waals surface area contributed by atoms with Gasteiger partial charge >= 0.3 is 0 Å². The van der Waals surface area contributed by atoms with Gasteiger partial charge < -0.3 is 5.73 Å². The van der Waals surface area contributed by atoms with Gasteiger partial charge in [0.25, 0.3) is 5.91 Å². The predicted molar refractivity (Wildman–Crippen MR) is 118 cm³/mol. The normalized spacial score (nSPS) is 26.2. The smallest absolute Gasteiger partial charge is 0.253 e. The van der Waals surface area contributed by atoms with E-state index >= 15 is 0 Å². The van der Waals surface area contributed by atoms with Crippen LogP contribution in [0.4, 0.5) is 0 Å². The monoisotopic (exact) mass is 409 g/mol. The number of nitrogens with two attached hydrogens (primary N) is 1. The van der Waals surface area contributed by atoms with Gasteiger partial charge in [0.2, 0.25) is 0 Å². The molecule has 3 aliphatic rings. The lowest BCUT2D eigenvalue weighted by molar-refractivity contribution is -0.224. The zero-order chi connectivity index (χ0) is 21.1.